The normalized spacial score (nSPS) is 11.0. The zero-order valence-corrected chi connectivity index (χ0v) is 12.7. The molecule has 0 aliphatic carbocycles. The van der Waals surface area contributed by atoms with Crippen LogP contribution in [0.25, 0.3) is 5.69 Å². The van der Waals surface area contributed by atoms with Gasteiger partial charge in [-0.1, -0.05) is 37.1 Å². The Morgan fingerprint density at radius 1 is 1.18 bits per heavy atom. The van der Waals surface area contributed by atoms with Crippen LogP contribution in [-0.4, -0.2) is 20.0 Å². The van der Waals surface area contributed by atoms with Crippen LogP contribution in [0.4, 0.5) is 6.01 Å². The van der Waals surface area contributed by atoms with E-state index in [9.17, 15) is 0 Å². The van der Waals surface area contributed by atoms with Crippen molar-refractivity contribution in [3.8, 4) is 5.69 Å². The van der Waals surface area contributed by atoms with Crippen LogP contribution < -0.4 is 5.32 Å². The van der Waals surface area contributed by atoms with Crippen molar-refractivity contribution in [1.29, 1.82) is 0 Å². The molecule has 0 fully saturated rings. The summed E-state index contributed by atoms with van der Waals surface area (Å²) in [6.07, 6.45) is 4.60. The van der Waals surface area contributed by atoms with E-state index in [1.165, 1.54) is 0 Å². The zero-order chi connectivity index (χ0) is 15.4. The minimum Gasteiger partial charge on any atom is -0.408 e. The maximum Gasteiger partial charge on any atom is 0.315 e. The van der Waals surface area contributed by atoms with E-state index in [1.807, 2.05) is 47.4 Å². The Morgan fingerprint density at radius 3 is 2.77 bits per heavy atom. The number of nitrogens with one attached hydrogen (secondary N) is 1. The van der Waals surface area contributed by atoms with Gasteiger partial charge in [-0.3, -0.25) is 0 Å². The third kappa shape index (κ3) is 3.52. The van der Waals surface area contributed by atoms with Crippen LogP contribution in [-0.2, 0) is 13.0 Å². The van der Waals surface area contributed by atoms with Gasteiger partial charge in [0.2, 0.25) is 5.89 Å². The summed E-state index contributed by atoms with van der Waals surface area (Å²) in [5.74, 6) is 1.16. The van der Waals surface area contributed by atoms with E-state index in [-0.39, 0.29) is 0 Å². The molecular weight excluding hydrogens is 278 g/mol. The minimum absolute atomic E-state index is 0.447. The number of para-hydroxylation sites is 1. The van der Waals surface area contributed by atoms with Gasteiger partial charge in [-0.05, 0) is 18.1 Å². The quantitative estimate of drug-likeness (QED) is 0.757. The van der Waals surface area contributed by atoms with Gasteiger partial charge < -0.3 is 9.73 Å². The van der Waals surface area contributed by atoms with Gasteiger partial charge in [-0.15, -0.1) is 5.10 Å². The van der Waals surface area contributed by atoms with E-state index < -0.39 is 0 Å². The first-order valence-electron chi connectivity index (χ1n) is 7.36. The Labute approximate surface area is 129 Å². The van der Waals surface area contributed by atoms with Crippen LogP contribution in [0.3, 0.4) is 0 Å². The number of nitrogens with zero attached hydrogens (tertiary/aromatic N) is 4. The molecule has 0 bridgehead atoms. The topological polar surface area (TPSA) is 68.8 Å². The summed E-state index contributed by atoms with van der Waals surface area (Å²) in [5, 5.41) is 15.5. The molecule has 0 aliphatic heterocycles. The molecule has 3 rings (SSSR count). The van der Waals surface area contributed by atoms with Crippen molar-refractivity contribution in [2.24, 2.45) is 5.92 Å². The third-order valence-electron chi connectivity index (χ3n) is 3.15. The standard InChI is InChI=1S/C16H19N5O/c1-12(2)8-15-19-20-16(22-15)17-9-13-10-18-21(11-13)14-6-4-3-5-7-14/h3-7,10-12H,8-9H2,1-2H3,(H,17,20). The molecule has 1 N–H and O–H groups in total. The first kappa shape index (κ1) is 14.3. The van der Waals surface area contributed by atoms with E-state index in [1.54, 1.807) is 0 Å². The molecule has 3 aromatic rings. The summed E-state index contributed by atoms with van der Waals surface area (Å²) in [6, 6.07) is 10.4. The van der Waals surface area contributed by atoms with Crippen LogP contribution in [0.15, 0.2) is 47.1 Å². The van der Waals surface area contributed by atoms with Gasteiger partial charge in [0.15, 0.2) is 0 Å². The minimum atomic E-state index is 0.447. The van der Waals surface area contributed by atoms with Crippen molar-refractivity contribution in [1.82, 2.24) is 20.0 Å². The molecule has 1 aromatic carbocycles. The summed E-state index contributed by atoms with van der Waals surface area (Å²) < 4.78 is 7.39. The molecule has 0 amide bonds. The molecule has 0 aliphatic rings. The molecule has 0 atom stereocenters. The fraction of sp³-hybridized carbons (Fsp3) is 0.312. The van der Waals surface area contributed by atoms with Crippen LogP contribution in [0, 0.1) is 5.92 Å². The molecule has 0 radical (unpaired) electrons. The first-order valence-corrected chi connectivity index (χ1v) is 7.36. The van der Waals surface area contributed by atoms with Gasteiger partial charge >= 0.3 is 6.01 Å². The molecule has 0 unspecified atom stereocenters. The van der Waals surface area contributed by atoms with Gasteiger partial charge in [0, 0.05) is 24.7 Å². The SMILES string of the molecule is CC(C)Cc1nnc(NCc2cnn(-c3ccccc3)c2)o1. The van der Waals surface area contributed by atoms with E-state index in [0.717, 1.165) is 17.7 Å². The van der Waals surface area contributed by atoms with Crippen molar-refractivity contribution >= 4 is 6.01 Å². The van der Waals surface area contributed by atoms with E-state index >= 15 is 0 Å². The van der Waals surface area contributed by atoms with Crippen molar-refractivity contribution in [3.05, 3.63) is 54.2 Å². The Hall–Kier alpha value is -2.63. The molecule has 6 heteroatoms. The molecular formula is C16H19N5O. The van der Waals surface area contributed by atoms with Gasteiger partial charge in [0.1, 0.15) is 0 Å². The Bertz CT molecular complexity index is 717. The van der Waals surface area contributed by atoms with E-state index in [4.69, 9.17) is 4.42 Å². The number of aromatic nitrogens is 4. The van der Waals surface area contributed by atoms with Gasteiger partial charge in [-0.25, -0.2) is 4.68 Å². The second kappa shape index (κ2) is 6.43. The first-order chi connectivity index (χ1) is 10.7. The average molecular weight is 297 g/mol. The van der Waals surface area contributed by atoms with E-state index in [2.05, 4.69) is 34.5 Å². The lowest BCUT2D eigenvalue weighted by molar-refractivity contribution is 0.465. The molecule has 0 saturated heterocycles. The lowest BCUT2D eigenvalue weighted by Gasteiger charge is -2.00. The van der Waals surface area contributed by atoms with Crippen LogP contribution in [0.2, 0.25) is 0 Å². The smallest absolute Gasteiger partial charge is 0.315 e. The van der Waals surface area contributed by atoms with Gasteiger partial charge in [0.05, 0.1) is 11.9 Å². The number of hydrogen-bond acceptors (Lipinski definition) is 5. The second-order valence-electron chi connectivity index (χ2n) is 5.58. The highest BCUT2D eigenvalue weighted by Crippen LogP contribution is 2.12. The van der Waals surface area contributed by atoms with Crippen molar-refractivity contribution in [3.63, 3.8) is 0 Å². The maximum atomic E-state index is 5.55. The highest BCUT2D eigenvalue weighted by molar-refractivity contribution is 5.31. The zero-order valence-electron chi connectivity index (χ0n) is 12.7. The number of hydrogen-bond donors (Lipinski definition) is 1. The largest absolute Gasteiger partial charge is 0.408 e. The van der Waals surface area contributed by atoms with Crippen LogP contribution in [0.1, 0.15) is 25.3 Å². The number of rotatable bonds is 6. The molecule has 2 aromatic heterocycles. The summed E-state index contributed by atoms with van der Waals surface area (Å²) in [5.41, 5.74) is 2.08. The highest BCUT2D eigenvalue weighted by Gasteiger charge is 2.08. The maximum absolute atomic E-state index is 5.55. The summed E-state index contributed by atoms with van der Waals surface area (Å²) in [4.78, 5) is 0. The summed E-state index contributed by atoms with van der Waals surface area (Å²) in [6.45, 7) is 4.83. The van der Waals surface area contributed by atoms with Crippen molar-refractivity contribution in [2.45, 2.75) is 26.8 Å². The fourth-order valence-electron chi connectivity index (χ4n) is 2.11. The molecule has 0 saturated carbocycles. The second-order valence-corrected chi connectivity index (χ2v) is 5.58. The molecule has 114 valence electrons. The molecule has 0 spiro atoms. The van der Waals surface area contributed by atoms with Crippen molar-refractivity contribution in [2.75, 3.05) is 5.32 Å². The molecule has 22 heavy (non-hydrogen) atoms. The lowest BCUT2D eigenvalue weighted by atomic mass is 10.1. The number of benzene rings is 1. The predicted molar refractivity (Wildman–Crippen MR) is 83.7 cm³/mol. The van der Waals surface area contributed by atoms with Gasteiger partial charge in [0.25, 0.3) is 0 Å². The van der Waals surface area contributed by atoms with Gasteiger partial charge in [-0.2, -0.15) is 5.10 Å². The van der Waals surface area contributed by atoms with E-state index in [0.29, 0.717) is 24.4 Å². The molecule has 6 nitrogen and oxygen atoms in total. The predicted octanol–water partition coefficient (Wildman–Crippen LogP) is 3.07. The Morgan fingerprint density at radius 2 is 2.00 bits per heavy atom. The molecule has 2 heterocycles. The Balaban J connectivity index is 1.60. The van der Waals surface area contributed by atoms with Crippen molar-refractivity contribution < 1.29 is 4.42 Å². The average Bonchev–Trinajstić information content (AvgIpc) is 3.15. The lowest BCUT2D eigenvalue weighted by Crippen LogP contribution is -1.98. The monoisotopic (exact) mass is 297 g/mol. The number of anilines is 1. The summed E-state index contributed by atoms with van der Waals surface area (Å²) in [7, 11) is 0. The highest BCUT2D eigenvalue weighted by atomic mass is 16.4. The summed E-state index contributed by atoms with van der Waals surface area (Å²) >= 11 is 0. The van der Waals surface area contributed by atoms with Crippen LogP contribution >= 0.6 is 0 Å². The fourth-order valence-corrected chi connectivity index (χ4v) is 2.11. The third-order valence-corrected chi connectivity index (χ3v) is 3.15. The van der Waals surface area contributed by atoms with Crippen LogP contribution in [0.5, 0.6) is 0 Å². The Kier molecular flexibility index (Phi) is 4.18.